The highest BCUT2D eigenvalue weighted by molar-refractivity contribution is 5.77. The fourth-order valence-electron chi connectivity index (χ4n) is 3.54. The number of imidazole rings is 1. The molecule has 0 saturated heterocycles. The number of hydrogen-bond donors (Lipinski definition) is 2. The number of benzene rings is 2. The number of tetrazole rings is 1. The number of fused-ring (bicyclic) bond motifs is 1. The van der Waals surface area contributed by atoms with Gasteiger partial charge in [0, 0.05) is 12.0 Å². The zero-order chi connectivity index (χ0) is 21.6. The van der Waals surface area contributed by atoms with E-state index in [2.05, 4.69) is 44.5 Å². The Hall–Kier alpha value is -3.55. The summed E-state index contributed by atoms with van der Waals surface area (Å²) in [5.41, 5.74) is 2.81. The smallest absolute Gasteiger partial charge is 0.220 e. The van der Waals surface area contributed by atoms with Crippen molar-refractivity contribution in [2.75, 3.05) is 0 Å². The first kappa shape index (κ1) is 20.7. The van der Waals surface area contributed by atoms with E-state index in [1.54, 1.807) is 4.80 Å². The van der Waals surface area contributed by atoms with E-state index in [0.29, 0.717) is 31.1 Å². The van der Waals surface area contributed by atoms with Crippen molar-refractivity contribution < 1.29 is 4.79 Å². The predicted octanol–water partition coefficient (Wildman–Crippen LogP) is 3.90. The van der Waals surface area contributed by atoms with Crippen LogP contribution in [0, 0.1) is 5.92 Å². The van der Waals surface area contributed by atoms with Crippen LogP contribution in [0.2, 0.25) is 0 Å². The van der Waals surface area contributed by atoms with Crippen LogP contribution >= 0.6 is 0 Å². The summed E-state index contributed by atoms with van der Waals surface area (Å²) < 4.78 is 0. The molecule has 0 aliphatic carbocycles. The van der Waals surface area contributed by atoms with Crippen molar-refractivity contribution in [3.05, 3.63) is 60.4 Å². The van der Waals surface area contributed by atoms with Crippen LogP contribution in [0.15, 0.2) is 54.6 Å². The van der Waals surface area contributed by atoms with Gasteiger partial charge in [0.15, 0.2) is 0 Å². The second-order valence-electron chi connectivity index (χ2n) is 8.07. The third-order valence-electron chi connectivity index (χ3n) is 5.03. The Kier molecular flexibility index (Phi) is 6.35. The number of carbonyl (C=O) groups excluding carboxylic acids is 1. The summed E-state index contributed by atoms with van der Waals surface area (Å²) in [4.78, 5) is 22.2. The first-order chi connectivity index (χ1) is 15.1. The van der Waals surface area contributed by atoms with Crippen LogP contribution in [0.3, 0.4) is 0 Å². The highest BCUT2D eigenvalue weighted by atomic mass is 16.1. The molecule has 31 heavy (non-hydrogen) atoms. The number of amides is 1. The van der Waals surface area contributed by atoms with E-state index >= 15 is 0 Å². The largest absolute Gasteiger partial charge is 0.346 e. The fraction of sp³-hybridized carbons (Fsp3) is 0.348. The molecule has 0 spiro atoms. The van der Waals surface area contributed by atoms with Crippen LogP contribution in [0.5, 0.6) is 0 Å². The Morgan fingerprint density at radius 1 is 1.10 bits per heavy atom. The van der Waals surface area contributed by atoms with E-state index in [0.717, 1.165) is 28.8 Å². The maximum absolute atomic E-state index is 12.6. The maximum Gasteiger partial charge on any atom is 0.220 e. The second kappa shape index (κ2) is 9.51. The zero-order valence-electron chi connectivity index (χ0n) is 17.8. The number of para-hydroxylation sites is 2. The van der Waals surface area contributed by atoms with Gasteiger partial charge in [-0.25, -0.2) is 4.98 Å². The summed E-state index contributed by atoms with van der Waals surface area (Å²) in [6.07, 6.45) is 1.83. The van der Waals surface area contributed by atoms with Crippen molar-refractivity contribution in [2.24, 2.45) is 5.92 Å². The molecule has 0 fully saturated rings. The van der Waals surface area contributed by atoms with Crippen molar-refractivity contribution in [1.82, 2.24) is 35.5 Å². The lowest BCUT2D eigenvalue weighted by atomic mass is 10.0. The van der Waals surface area contributed by atoms with Crippen molar-refractivity contribution in [2.45, 2.75) is 45.7 Å². The van der Waals surface area contributed by atoms with Crippen LogP contribution in [0.25, 0.3) is 22.4 Å². The molecule has 160 valence electrons. The average molecular weight is 418 g/mol. The highest BCUT2D eigenvalue weighted by Crippen LogP contribution is 2.22. The molecule has 2 N–H and O–H groups in total. The van der Waals surface area contributed by atoms with Gasteiger partial charge >= 0.3 is 0 Å². The van der Waals surface area contributed by atoms with Gasteiger partial charge in [-0.2, -0.15) is 4.80 Å². The van der Waals surface area contributed by atoms with Crippen molar-refractivity contribution >= 4 is 16.9 Å². The van der Waals surface area contributed by atoms with Gasteiger partial charge in [-0.3, -0.25) is 4.79 Å². The molecule has 0 aliphatic heterocycles. The molecule has 0 radical (unpaired) electrons. The van der Waals surface area contributed by atoms with Crippen LogP contribution in [-0.4, -0.2) is 36.1 Å². The Morgan fingerprint density at radius 3 is 2.65 bits per heavy atom. The van der Waals surface area contributed by atoms with Gasteiger partial charge in [0.05, 0.1) is 23.6 Å². The molecular formula is C23H27N7O. The molecule has 1 unspecified atom stereocenters. The molecule has 0 bridgehead atoms. The number of nitrogens with zero attached hydrogens (tertiary/aromatic N) is 5. The first-order valence-corrected chi connectivity index (χ1v) is 10.7. The predicted molar refractivity (Wildman–Crippen MR) is 119 cm³/mol. The number of nitrogens with one attached hydrogen (secondary N) is 2. The Labute approximate surface area is 181 Å². The molecule has 2 aromatic heterocycles. The first-order valence-electron chi connectivity index (χ1n) is 10.7. The van der Waals surface area contributed by atoms with E-state index in [-0.39, 0.29) is 11.9 Å². The number of aryl methyl sites for hydroxylation is 1. The van der Waals surface area contributed by atoms with E-state index in [4.69, 9.17) is 0 Å². The van der Waals surface area contributed by atoms with Crippen LogP contribution < -0.4 is 5.32 Å². The lowest BCUT2D eigenvalue weighted by Gasteiger charge is -2.18. The normalized spacial score (nSPS) is 12.4. The van der Waals surface area contributed by atoms with E-state index < -0.39 is 0 Å². The quantitative estimate of drug-likeness (QED) is 0.430. The standard InChI is InChI=1S/C23H27N7O/c1-16(2)15-20(23-25-18-11-6-7-12-19(18)26-23)24-21(31)13-8-14-30-28-22(27-29-30)17-9-4-3-5-10-17/h3-7,9-12,16,20H,8,13-15H2,1-2H3,(H,24,31)(H,25,26). The van der Waals surface area contributed by atoms with Gasteiger partial charge in [0.2, 0.25) is 11.7 Å². The molecule has 8 nitrogen and oxygen atoms in total. The number of aromatic amines is 1. The van der Waals surface area contributed by atoms with E-state index in [9.17, 15) is 4.79 Å². The summed E-state index contributed by atoms with van der Waals surface area (Å²) in [5, 5.41) is 15.7. The van der Waals surface area contributed by atoms with Crippen molar-refractivity contribution in [3.63, 3.8) is 0 Å². The minimum atomic E-state index is -0.144. The van der Waals surface area contributed by atoms with E-state index in [1.165, 1.54) is 0 Å². The second-order valence-corrected chi connectivity index (χ2v) is 8.07. The molecule has 2 heterocycles. The number of carbonyl (C=O) groups is 1. The van der Waals surface area contributed by atoms with Gasteiger partial charge < -0.3 is 10.3 Å². The molecule has 2 aromatic carbocycles. The van der Waals surface area contributed by atoms with E-state index in [1.807, 2.05) is 54.6 Å². The molecular weight excluding hydrogens is 390 g/mol. The molecule has 4 rings (SSSR count). The monoisotopic (exact) mass is 417 g/mol. The van der Waals surface area contributed by atoms with Crippen LogP contribution in [-0.2, 0) is 11.3 Å². The lowest BCUT2D eigenvalue weighted by molar-refractivity contribution is -0.122. The molecule has 0 aliphatic rings. The molecule has 1 amide bonds. The molecule has 1 atom stereocenters. The van der Waals surface area contributed by atoms with Gasteiger partial charge in [-0.05, 0) is 36.1 Å². The average Bonchev–Trinajstić information content (AvgIpc) is 3.41. The summed E-state index contributed by atoms with van der Waals surface area (Å²) in [7, 11) is 0. The van der Waals surface area contributed by atoms with Gasteiger partial charge in [0.1, 0.15) is 5.82 Å². The van der Waals surface area contributed by atoms with Crippen LogP contribution in [0.1, 0.15) is 45.0 Å². The van der Waals surface area contributed by atoms with Crippen LogP contribution in [0.4, 0.5) is 0 Å². The highest BCUT2D eigenvalue weighted by Gasteiger charge is 2.19. The Bertz CT molecular complexity index is 1100. The molecule has 4 aromatic rings. The Balaban J connectivity index is 1.33. The third-order valence-corrected chi connectivity index (χ3v) is 5.03. The third kappa shape index (κ3) is 5.33. The molecule has 8 heteroatoms. The SMILES string of the molecule is CC(C)CC(NC(=O)CCCn1nnc(-c2ccccc2)n1)c1nc2ccccc2[nH]1. The molecule has 0 saturated carbocycles. The Morgan fingerprint density at radius 2 is 1.87 bits per heavy atom. The van der Waals surface area contributed by atoms with Gasteiger partial charge in [-0.15, -0.1) is 10.2 Å². The minimum Gasteiger partial charge on any atom is -0.346 e. The lowest BCUT2D eigenvalue weighted by Crippen LogP contribution is -2.30. The number of rotatable bonds is 9. The van der Waals surface area contributed by atoms with Gasteiger partial charge in [-0.1, -0.05) is 56.3 Å². The fourth-order valence-corrected chi connectivity index (χ4v) is 3.54. The number of H-pyrrole nitrogens is 1. The topological polar surface area (TPSA) is 101 Å². The van der Waals surface area contributed by atoms with Gasteiger partial charge in [0.25, 0.3) is 0 Å². The van der Waals surface area contributed by atoms with Crippen molar-refractivity contribution in [1.29, 1.82) is 0 Å². The summed E-state index contributed by atoms with van der Waals surface area (Å²) in [6.45, 7) is 4.82. The number of hydrogen-bond acceptors (Lipinski definition) is 5. The summed E-state index contributed by atoms with van der Waals surface area (Å²) in [6, 6.07) is 17.5. The summed E-state index contributed by atoms with van der Waals surface area (Å²) in [5.74, 6) is 1.81. The minimum absolute atomic E-state index is 0.00509. The maximum atomic E-state index is 12.6. The van der Waals surface area contributed by atoms with Crippen molar-refractivity contribution in [3.8, 4) is 11.4 Å². The zero-order valence-corrected chi connectivity index (χ0v) is 17.8. The number of aromatic nitrogens is 6. The summed E-state index contributed by atoms with van der Waals surface area (Å²) >= 11 is 0.